The SMILES string of the molecule is CC(O)C(C)(C)C(O)C(=O)NCCC(=O)O. The van der Waals surface area contributed by atoms with Crippen molar-refractivity contribution in [3.05, 3.63) is 0 Å². The molecule has 2 unspecified atom stereocenters. The number of amides is 1. The van der Waals surface area contributed by atoms with Crippen molar-refractivity contribution >= 4 is 11.9 Å². The minimum Gasteiger partial charge on any atom is -0.481 e. The molecule has 4 N–H and O–H groups in total. The molecular formula is C10H19NO5. The van der Waals surface area contributed by atoms with Crippen LogP contribution < -0.4 is 5.32 Å². The monoisotopic (exact) mass is 233 g/mol. The average Bonchev–Trinajstić information content (AvgIpc) is 2.15. The zero-order valence-electron chi connectivity index (χ0n) is 9.73. The molecule has 0 aliphatic heterocycles. The van der Waals surface area contributed by atoms with Gasteiger partial charge in [0.2, 0.25) is 5.91 Å². The molecule has 2 atom stereocenters. The summed E-state index contributed by atoms with van der Waals surface area (Å²) in [6.07, 6.45) is -2.43. The Bertz CT molecular complexity index is 262. The average molecular weight is 233 g/mol. The molecule has 6 heteroatoms. The predicted molar refractivity (Wildman–Crippen MR) is 56.7 cm³/mol. The Balaban J connectivity index is 4.23. The lowest BCUT2D eigenvalue weighted by molar-refractivity contribution is -0.141. The molecule has 0 rings (SSSR count). The van der Waals surface area contributed by atoms with Gasteiger partial charge < -0.3 is 20.6 Å². The number of carbonyl (C=O) groups excluding carboxylic acids is 1. The van der Waals surface area contributed by atoms with Gasteiger partial charge in [0.1, 0.15) is 6.10 Å². The maximum absolute atomic E-state index is 11.4. The molecule has 0 radical (unpaired) electrons. The van der Waals surface area contributed by atoms with Crippen molar-refractivity contribution in [1.82, 2.24) is 5.32 Å². The second-order valence-corrected chi connectivity index (χ2v) is 4.33. The molecule has 6 nitrogen and oxygen atoms in total. The summed E-state index contributed by atoms with van der Waals surface area (Å²) in [5, 5.41) is 29.7. The van der Waals surface area contributed by atoms with Gasteiger partial charge in [-0.15, -0.1) is 0 Å². The first-order valence-corrected chi connectivity index (χ1v) is 5.05. The summed E-state index contributed by atoms with van der Waals surface area (Å²) in [6.45, 7) is 4.55. The van der Waals surface area contributed by atoms with E-state index < -0.39 is 29.5 Å². The molecule has 0 aliphatic carbocycles. The largest absolute Gasteiger partial charge is 0.481 e. The molecule has 0 aromatic rings. The van der Waals surface area contributed by atoms with Crippen LogP contribution in [0.2, 0.25) is 0 Å². The van der Waals surface area contributed by atoms with Gasteiger partial charge in [-0.1, -0.05) is 13.8 Å². The number of aliphatic carboxylic acids is 1. The third-order valence-corrected chi connectivity index (χ3v) is 2.67. The standard InChI is InChI=1S/C10H19NO5/c1-6(12)10(2,3)8(15)9(16)11-5-4-7(13)14/h6,8,12,15H,4-5H2,1-3H3,(H,11,16)(H,13,14). The minimum absolute atomic E-state index is 0.0406. The van der Waals surface area contributed by atoms with Crippen LogP contribution in [-0.4, -0.2) is 45.9 Å². The minimum atomic E-state index is -1.37. The molecule has 0 bridgehead atoms. The Kier molecular flexibility index (Phi) is 5.40. The van der Waals surface area contributed by atoms with Crippen molar-refractivity contribution in [2.75, 3.05) is 6.54 Å². The molecule has 0 saturated carbocycles. The Morgan fingerprint density at radius 2 is 1.81 bits per heavy atom. The third-order valence-electron chi connectivity index (χ3n) is 2.67. The summed E-state index contributed by atoms with van der Waals surface area (Å²) >= 11 is 0. The number of carboxylic acids is 1. The van der Waals surface area contributed by atoms with Crippen LogP contribution in [0, 0.1) is 5.41 Å². The molecule has 0 aliphatic rings. The maximum atomic E-state index is 11.4. The highest BCUT2D eigenvalue weighted by Crippen LogP contribution is 2.25. The number of aliphatic hydroxyl groups is 2. The molecule has 0 aromatic carbocycles. The highest BCUT2D eigenvalue weighted by Gasteiger charge is 2.37. The lowest BCUT2D eigenvalue weighted by Crippen LogP contribution is -2.48. The quantitative estimate of drug-likeness (QED) is 0.487. The summed E-state index contributed by atoms with van der Waals surface area (Å²) in [5.41, 5.74) is -0.979. The highest BCUT2D eigenvalue weighted by atomic mass is 16.4. The van der Waals surface area contributed by atoms with Crippen molar-refractivity contribution in [3.8, 4) is 0 Å². The second-order valence-electron chi connectivity index (χ2n) is 4.33. The van der Waals surface area contributed by atoms with Gasteiger partial charge in [-0.25, -0.2) is 0 Å². The second kappa shape index (κ2) is 5.81. The zero-order chi connectivity index (χ0) is 12.9. The van der Waals surface area contributed by atoms with Crippen LogP contribution in [0.15, 0.2) is 0 Å². The smallest absolute Gasteiger partial charge is 0.305 e. The zero-order valence-corrected chi connectivity index (χ0v) is 9.73. The number of rotatable bonds is 6. The van der Waals surface area contributed by atoms with E-state index >= 15 is 0 Å². The fraction of sp³-hybridized carbons (Fsp3) is 0.800. The number of carbonyl (C=O) groups is 2. The predicted octanol–water partition coefficient (Wildman–Crippen LogP) is -0.655. The Labute approximate surface area is 94.3 Å². The van der Waals surface area contributed by atoms with Gasteiger partial charge in [0.15, 0.2) is 0 Å². The molecule has 16 heavy (non-hydrogen) atoms. The lowest BCUT2D eigenvalue weighted by atomic mass is 9.81. The maximum Gasteiger partial charge on any atom is 0.305 e. The molecule has 0 spiro atoms. The topological polar surface area (TPSA) is 107 Å². The molecule has 94 valence electrons. The van der Waals surface area contributed by atoms with E-state index in [-0.39, 0.29) is 13.0 Å². The lowest BCUT2D eigenvalue weighted by Gasteiger charge is -2.32. The molecule has 0 saturated heterocycles. The fourth-order valence-corrected chi connectivity index (χ4v) is 0.956. The van der Waals surface area contributed by atoms with Crippen LogP contribution in [-0.2, 0) is 9.59 Å². The first-order valence-electron chi connectivity index (χ1n) is 5.05. The molecule has 0 fully saturated rings. The summed E-state index contributed by atoms with van der Waals surface area (Å²) in [5.74, 6) is -1.70. The number of aliphatic hydroxyl groups excluding tert-OH is 2. The van der Waals surface area contributed by atoms with Crippen molar-refractivity contribution in [3.63, 3.8) is 0 Å². The summed E-state index contributed by atoms with van der Waals surface area (Å²) in [7, 11) is 0. The number of hydrogen-bond acceptors (Lipinski definition) is 4. The van der Waals surface area contributed by atoms with Crippen LogP contribution in [0.1, 0.15) is 27.2 Å². The van der Waals surface area contributed by atoms with Gasteiger partial charge in [-0.3, -0.25) is 9.59 Å². The third kappa shape index (κ3) is 4.16. The Hall–Kier alpha value is -1.14. The highest BCUT2D eigenvalue weighted by molar-refractivity contribution is 5.81. The van der Waals surface area contributed by atoms with Crippen molar-refractivity contribution < 1.29 is 24.9 Å². The first-order chi connectivity index (χ1) is 7.19. The van der Waals surface area contributed by atoms with Gasteiger partial charge in [-0.2, -0.15) is 0 Å². The van der Waals surface area contributed by atoms with Crippen LogP contribution in [0.25, 0.3) is 0 Å². The van der Waals surface area contributed by atoms with Crippen molar-refractivity contribution in [1.29, 1.82) is 0 Å². The van der Waals surface area contributed by atoms with E-state index in [4.69, 9.17) is 5.11 Å². The molecule has 0 aromatic heterocycles. The Morgan fingerprint density at radius 1 is 1.31 bits per heavy atom. The van der Waals surface area contributed by atoms with Gasteiger partial charge in [0.05, 0.1) is 12.5 Å². The molecule has 0 heterocycles. The van der Waals surface area contributed by atoms with E-state index in [2.05, 4.69) is 5.32 Å². The van der Waals surface area contributed by atoms with Crippen LogP contribution in [0.5, 0.6) is 0 Å². The van der Waals surface area contributed by atoms with Crippen molar-refractivity contribution in [2.24, 2.45) is 5.41 Å². The fourth-order valence-electron chi connectivity index (χ4n) is 0.956. The van der Waals surface area contributed by atoms with E-state index in [0.29, 0.717) is 0 Å². The molecule has 1 amide bonds. The van der Waals surface area contributed by atoms with E-state index in [0.717, 1.165) is 0 Å². The summed E-state index contributed by atoms with van der Waals surface area (Å²) in [4.78, 5) is 21.6. The van der Waals surface area contributed by atoms with Crippen LogP contribution in [0.4, 0.5) is 0 Å². The number of hydrogen-bond donors (Lipinski definition) is 4. The van der Waals surface area contributed by atoms with E-state index in [1.807, 2.05) is 0 Å². The van der Waals surface area contributed by atoms with E-state index in [1.54, 1.807) is 13.8 Å². The first kappa shape index (κ1) is 14.9. The van der Waals surface area contributed by atoms with Gasteiger partial charge >= 0.3 is 5.97 Å². The number of carboxylic acid groups (broad SMARTS) is 1. The number of nitrogens with one attached hydrogen (secondary N) is 1. The van der Waals surface area contributed by atoms with E-state index in [9.17, 15) is 19.8 Å². The molecular weight excluding hydrogens is 214 g/mol. The van der Waals surface area contributed by atoms with Gasteiger partial charge in [0.25, 0.3) is 0 Å². The van der Waals surface area contributed by atoms with Gasteiger partial charge in [0, 0.05) is 12.0 Å². The van der Waals surface area contributed by atoms with Crippen LogP contribution in [0.3, 0.4) is 0 Å². The summed E-state index contributed by atoms with van der Waals surface area (Å²) in [6, 6.07) is 0. The normalized spacial score (nSPS) is 15.3. The van der Waals surface area contributed by atoms with Gasteiger partial charge in [-0.05, 0) is 6.92 Å². The van der Waals surface area contributed by atoms with Crippen LogP contribution >= 0.6 is 0 Å². The van der Waals surface area contributed by atoms with E-state index in [1.165, 1.54) is 6.92 Å². The summed E-state index contributed by atoms with van der Waals surface area (Å²) < 4.78 is 0. The Morgan fingerprint density at radius 3 is 2.19 bits per heavy atom. The van der Waals surface area contributed by atoms with Crippen molar-refractivity contribution in [2.45, 2.75) is 39.4 Å².